The first kappa shape index (κ1) is 26.9. The monoisotopic (exact) mass is 534 g/mol. The molecular formula is C29H18F8O. The van der Waals surface area contributed by atoms with Gasteiger partial charge in [-0.05, 0) is 65.9 Å². The van der Waals surface area contributed by atoms with Crippen molar-refractivity contribution in [1.29, 1.82) is 0 Å². The van der Waals surface area contributed by atoms with Crippen molar-refractivity contribution in [3.8, 4) is 28.0 Å². The zero-order chi connectivity index (χ0) is 27.6. The molecule has 0 amide bonds. The minimum Gasteiger partial charge on any atom is -0.429 e. The summed E-state index contributed by atoms with van der Waals surface area (Å²) in [7, 11) is 0. The highest BCUT2D eigenvalue weighted by Crippen LogP contribution is 2.36. The lowest BCUT2D eigenvalue weighted by atomic mass is 9.99. The molecular weight excluding hydrogens is 516 g/mol. The van der Waals surface area contributed by atoms with Crippen LogP contribution in [0.1, 0.15) is 17.5 Å². The Morgan fingerprint density at radius 1 is 0.658 bits per heavy atom. The van der Waals surface area contributed by atoms with E-state index in [4.69, 9.17) is 0 Å². The van der Waals surface area contributed by atoms with E-state index in [0.29, 0.717) is 24.6 Å². The Labute approximate surface area is 212 Å². The second-order valence-corrected chi connectivity index (χ2v) is 8.32. The third kappa shape index (κ3) is 5.41. The van der Waals surface area contributed by atoms with E-state index < -0.39 is 52.3 Å². The average Bonchev–Trinajstić information content (AvgIpc) is 2.88. The largest absolute Gasteiger partial charge is 0.429 e. The maximum atomic E-state index is 14.8. The maximum absolute atomic E-state index is 14.8. The van der Waals surface area contributed by atoms with Gasteiger partial charge in [0, 0.05) is 17.2 Å². The number of ether oxygens (including phenoxy) is 1. The Bertz CT molecular complexity index is 1470. The van der Waals surface area contributed by atoms with Gasteiger partial charge in [-0.25, -0.2) is 26.3 Å². The van der Waals surface area contributed by atoms with Gasteiger partial charge in [0.05, 0.1) is 5.56 Å². The molecule has 4 rings (SSSR count). The van der Waals surface area contributed by atoms with E-state index in [9.17, 15) is 35.1 Å². The molecule has 0 heterocycles. The number of halogens is 8. The standard InChI is InChI=1S/C29H18F8O/c1-2-3-4-17-7-11-22(27(34)26(17)33)16-5-8-19(9-6-16)29(36,37)38-20-10-12-21(23(30)15-20)18-13-24(31)28(35)25(32)14-18/h2,5-15H,1,3-4H2. The molecule has 0 unspecified atom stereocenters. The van der Waals surface area contributed by atoms with Crippen LogP contribution in [0.15, 0.2) is 79.4 Å². The van der Waals surface area contributed by atoms with Crippen molar-refractivity contribution in [2.75, 3.05) is 0 Å². The van der Waals surface area contributed by atoms with Gasteiger partial charge in [0.1, 0.15) is 11.6 Å². The summed E-state index contributed by atoms with van der Waals surface area (Å²) in [5, 5.41) is 0. The fourth-order valence-corrected chi connectivity index (χ4v) is 3.82. The molecule has 0 saturated carbocycles. The Balaban J connectivity index is 1.55. The minimum atomic E-state index is -3.96. The van der Waals surface area contributed by atoms with Crippen LogP contribution in [0.4, 0.5) is 35.1 Å². The lowest BCUT2D eigenvalue weighted by Crippen LogP contribution is -2.21. The van der Waals surface area contributed by atoms with Crippen LogP contribution in [0, 0.1) is 34.9 Å². The number of hydrogen-bond donors (Lipinski definition) is 0. The molecule has 1 nitrogen and oxygen atoms in total. The quantitative estimate of drug-likeness (QED) is 0.124. The molecule has 0 spiro atoms. The van der Waals surface area contributed by atoms with Gasteiger partial charge in [0.2, 0.25) is 0 Å². The second kappa shape index (κ2) is 10.7. The van der Waals surface area contributed by atoms with Gasteiger partial charge in [0.25, 0.3) is 0 Å². The number of alkyl halides is 2. The van der Waals surface area contributed by atoms with Crippen molar-refractivity contribution >= 4 is 0 Å². The van der Waals surface area contributed by atoms with E-state index in [2.05, 4.69) is 11.3 Å². The summed E-state index contributed by atoms with van der Waals surface area (Å²) in [6.07, 6.45) is -1.68. The summed E-state index contributed by atoms with van der Waals surface area (Å²) >= 11 is 0. The molecule has 9 heteroatoms. The van der Waals surface area contributed by atoms with Gasteiger partial charge >= 0.3 is 6.11 Å². The highest BCUT2D eigenvalue weighted by atomic mass is 19.3. The number of rotatable bonds is 8. The lowest BCUT2D eigenvalue weighted by Gasteiger charge is -2.19. The SMILES string of the molecule is C=CCCc1ccc(-c2ccc(C(F)(F)Oc3ccc(-c4cc(F)c(F)c(F)c4)c(F)c3)cc2)c(F)c1F. The van der Waals surface area contributed by atoms with Crippen LogP contribution in [0.25, 0.3) is 22.3 Å². The molecule has 0 atom stereocenters. The summed E-state index contributed by atoms with van der Waals surface area (Å²) in [5.41, 5.74) is -1.18. The summed E-state index contributed by atoms with van der Waals surface area (Å²) in [6.45, 7) is 3.53. The molecule has 4 aromatic rings. The molecule has 0 fully saturated rings. The third-order valence-corrected chi connectivity index (χ3v) is 5.79. The van der Waals surface area contributed by atoms with Crippen LogP contribution in [0.3, 0.4) is 0 Å². The van der Waals surface area contributed by atoms with E-state index in [1.807, 2.05) is 0 Å². The van der Waals surface area contributed by atoms with Crippen LogP contribution in [-0.4, -0.2) is 0 Å². The van der Waals surface area contributed by atoms with Gasteiger partial charge in [-0.1, -0.05) is 30.3 Å². The van der Waals surface area contributed by atoms with Gasteiger partial charge in [-0.2, -0.15) is 8.78 Å². The predicted molar refractivity (Wildman–Crippen MR) is 127 cm³/mol. The van der Waals surface area contributed by atoms with Crippen molar-refractivity contribution in [3.05, 3.63) is 125 Å². The zero-order valence-corrected chi connectivity index (χ0v) is 19.5. The molecule has 0 aliphatic carbocycles. The number of allylic oxidation sites excluding steroid dienone is 1. The fourth-order valence-electron chi connectivity index (χ4n) is 3.82. The predicted octanol–water partition coefficient (Wildman–Crippen LogP) is 9.10. The topological polar surface area (TPSA) is 9.23 Å². The number of aryl methyl sites for hydroxylation is 1. The highest BCUT2D eigenvalue weighted by molar-refractivity contribution is 5.66. The van der Waals surface area contributed by atoms with Crippen LogP contribution in [-0.2, 0) is 12.5 Å². The van der Waals surface area contributed by atoms with E-state index in [1.165, 1.54) is 12.1 Å². The van der Waals surface area contributed by atoms with E-state index in [-0.39, 0.29) is 34.2 Å². The summed E-state index contributed by atoms with van der Waals surface area (Å²) in [6, 6.07) is 10.6. The molecule has 0 saturated heterocycles. The maximum Gasteiger partial charge on any atom is 0.426 e. The van der Waals surface area contributed by atoms with Gasteiger partial charge in [-0.3, -0.25) is 0 Å². The summed E-state index contributed by atoms with van der Waals surface area (Å²) < 4.78 is 118. The normalized spacial score (nSPS) is 11.5. The molecule has 0 aliphatic rings. The highest BCUT2D eigenvalue weighted by Gasteiger charge is 2.35. The first-order valence-electron chi connectivity index (χ1n) is 11.2. The molecule has 0 N–H and O–H groups in total. The van der Waals surface area contributed by atoms with Crippen LogP contribution in [0.5, 0.6) is 5.75 Å². The fraction of sp³-hybridized carbons (Fsp3) is 0.103. The van der Waals surface area contributed by atoms with E-state index >= 15 is 0 Å². The molecule has 196 valence electrons. The Morgan fingerprint density at radius 3 is 1.89 bits per heavy atom. The first-order valence-corrected chi connectivity index (χ1v) is 11.2. The Kier molecular flexibility index (Phi) is 7.57. The first-order chi connectivity index (χ1) is 18.0. The van der Waals surface area contributed by atoms with Crippen molar-refractivity contribution < 1.29 is 39.9 Å². The molecule has 0 radical (unpaired) electrons. The van der Waals surface area contributed by atoms with E-state index in [1.54, 1.807) is 6.08 Å². The van der Waals surface area contributed by atoms with Crippen molar-refractivity contribution in [2.45, 2.75) is 19.0 Å². The van der Waals surface area contributed by atoms with Crippen LogP contribution >= 0.6 is 0 Å². The summed E-state index contributed by atoms with van der Waals surface area (Å²) in [5.74, 6) is -8.70. The number of hydrogen-bond acceptors (Lipinski definition) is 1. The third-order valence-electron chi connectivity index (χ3n) is 5.79. The zero-order valence-electron chi connectivity index (χ0n) is 19.5. The Hall–Kier alpha value is -4.14. The number of benzene rings is 4. The molecule has 38 heavy (non-hydrogen) atoms. The average molecular weight is 534 g/mol. The molecule has 0 aromatic heterocycles. The van der Waals surface area contributed by atoms with Crippen molar-refractivity contribution in [3.63, 3.8) is 0 Å². The molecule has 0 bridgehead atoms. The lowest BCUT2D eigenvalue weighted by molar-refractivity contribution is -0.185. The minimum absolute atomic E-state index is 0.119. The van der Waals surface area contributed by atoms with E-state index in [0.717, 1.165) is 36.4 Å². The molecule has 0 aliphatic heterocycles. The Morgan fingerprint density at radius 2 is 1.29 bits per heavy atom. The van der Waals surface area contributed by atoms with Crippen LogP contribution < -0.4 is 4.74 Å². The smallest absolute Gasteiger partial charge is 0.426 e. The second-order valence-electron chi connectivity index (χ2n) is 8.32. The van der Waals surface area contributed by atoms with Crippen molar-refractivity contribution in [2.24, 2.45) is 0 Å². The van der Waals surface area contributed by atoms with Gasteiger partial charge < -0.3 is 4.74 Å². The van der Waals surface area contributed by atoms with Gasteiger partial charge in [0.15, 0.2) is 29.1 Å². The summed E-state index contributed by atoms with van der Waals surface area (Å²) in [4.78, 5) is 0. The molecule has 4 aromatic carbocycles. The van der Waals surface area contributed by atoms with Crippen LogP contribution in [0.2, 0.25) is 0 Å². The van der Waals surface area contributed by atoms with Crippen molar-refractivity contribution in [1.82, 2.24) is 0 Å². The van der Waals surface area contributed by atoms with Gasteiger partial charge in [-0.15, -0.1) is 6.58 Å².